The van der Waals surface area contributed by atoms with Crippen molar-refractivity contribution in [2.45, 2.75) is 6.92 Å². The molecule has 0 saturated carbocycles. The summed E-state index contributed by atoms with van der Waals surface area (Å²) in [7, 11) is 0. The van der Waals surface area contributed by atoms with Gasteiger partial charge in [0.15, 0.2) is 5.82 Å². The number of hydrogen-bond donors (Lipinski definition) is 3. The summed E-state index contributed by atoms with van der Waals surface area (Å²) in [5, 5.41) is 17.2. The second kappa shape index (κ2) is 6.49. The number of aryl methyl sites for hydroxylation is 1. The molecule has 4 rings (SSSR count). The highest BCUT2D eigenvalue weighted by atomic mass is 16.3. The van der Waals surface area contributed by atoms with Crippen molar-refractivity contribution in [1.82, 2.24) is 9.61 Å². The van der Waals surface area contributed by atoms with E-state index in [4.69, 9.17) is 5.73 Å². The third kappa shape index (κ3) is 3.08. The molecule has 134 valence electrons. The van der Waals surface area contributed by atoms with E-state index in [1.807, 2.05) is 49.4 Å². The highest BCUT2D eigenvalue weighted by Gasteiger charge is 2.19. The van der Waals surface area contributed by atoms with Crippen LogP contribution < -0.4 is 11.1 Å². The lowest BCUT2D eigenvalue weighted by atomic mass is 10.1. The molecule has 4 aromatic rings. The molecular formula is C21H18N4O2. The Bertz CT molecular complexity index is 1150. The Labute approximate surface area is 155 Å². The first-order valence-electron chi connectivity index (χ1n) is 8.47. The van der Waals surface area contributed by atoms with E-state index in [0.717, 1.165) is 11.1 Å². The Hall–Kier alpha value is -3.80. The van der Waals surface area contributed by atoms with E-state index in [1.54, 1.807) is 28.9 Å². The monoisotopic (exact) mass is 358 g/mol. The second-order valence-corrected chi connectivity index (χ2v) is 6.35. The molecule has 6 nitrogen and oxygen atoms in total. The topological polar surface area (TPSA) is 92.7 Å². The summed E-state index contributed by atoms with van der Waals surface area (Å²) >= 11 is 0. The van der Waals surface area contributed by atoms with Crippen molar-refractivity contribution in [1.29, 1.82) is 0 Å². The molecule has 0 spiro atoms. The third-order valence-corrected chi connectivity index (χ3v) is 4.41. The van der Waals surface area contributed by atoms with E-state index in [1.165, 1.54) is 0 Å². The number of aromatic nitrogens is 2. The Kier molecular flexibility index (Phi) is 4.01. The number of rotatable bonds is 3. The van der Waals surface area contributed by atoms with Gasteiger partial charge in [-0.15, -0.1) is 5.10 Å². The first-order chi connectivity index (χ1) is 13.0. The number of phenolic OH excluding ortho intramolecular Hbond substituents is 1. The summed E-state index contributed by atoms with van der Waals surface area (Å²) < 4.78 is 1.56. The number of fused-ring (bicyclic) bond motifs is 1. The van der Waals surface area contributed by atoms with Crippen molar-refractivity contribution in [3.8, 4) is 16.9 Å². The number of phenols is 1. The maximum Gasteiger partial charge on any atom is 0.261 e. The van der Waals surface area contributed by atoms with Crippen LogP contribution in [0.15, 0.2) is 66.9 Å². The highest BCUT2D eigenvalue weighted by Crippen LogP contribution is 2.30. The quantitative estimate of drug-likeness (QED) is 0.519. The van der Waals surface area contributed by atoms with Crippen LogP contribution in [0.25, 0.3) is 16.6 Å². The van der Waals surface area contributed by atoms with E-state index in [-0.39, 0.29) is 17.5 Å². The number of nitrogens with one attached hydrogen (secondary N) is 1. The standard InChI is InChI=1S/C21H18N4O2/c1-13-6-9-15(10-7-13)23-21(27)19-17-11-8-14(12-25(17)24-20(19)22)16-4-2-3-5-18(16)26/h2-12,26H,1H3,(H2,22,24)(H,23,27). The zero-order valence-electron chi connectivity index (χ0n) is 14.7. The molecule has 27 heavy (non-hydrogen) atoms. The Balaban J connectivity index is 1.72. The van der Waals surface area contributed by atoms with Crippen LogP contribution in [-0.2, 0) is 0 Å². The van der Waals surface area contributed by atoms with Crippen LogP contribution in [0.4, 0.5) is 11.5 Å². The molecule has 1 amide bonds. The molecule has 0 aliphatic rings. The van der Waals surface area contributed by atoms with Gasteiger partial charge in [-0.1, -0.05) is 42.0 Å². The third-order valence-electron chi connectivity index (χ3n) is 4.41. The maximum atomic E-state index is 12.7. The number of hydrogen-bond acceptors (Lipinski definition) is 4. The molecule has 2 aromatic carbocycles. The summed E-state index contributed by atoms with van der Waals surface area (Å²) in [4.78, 5) is 12.7. The van der Waals surface area contributed by atoms with Crippen molar-refractivity contribution >= 4 is 22.9 Å². The molecule has 0 unspecified atom stereocenters. The zero-order chi connectivity index (χ0) is 19.0. The number of nitrogens with two attached hydrogens (primary N) is 1. The predicted octanol–water partition coefficient (Wildman–Crippen LogP) is 3.85. The van der Waals surface area contributed by atoms with Crippen LogP contribution in [0.1, 0.15) is 15.9 Å². The fourth-order valence-corrected chi connectivity index (χ4v) is 3.01. The van der Waals surface area contributed by atoms with Gasteiger partial charge in [-0.2, -0.15) is 0 Å². The number of amides is 1. The first kappa shape index (κ1) is 16.7. The predicted molar refractivity (Wildman–Crippen MR) is 106 cm³/mol. The molecule has 2 aromatic heterocycles. The van der Waals surface area contributed by atoms with E-state index in [2.05, 4.69) is 10.4 Å². The summed E-state index contributed by atoms with van der Waals surface area (Å²) in [5.41, 5.74) is 10.2. The highest BCUT2D eigenvalue weighted by molar-refractivity contribution is 6.12. The van der Waals surface area contributed by atoms with Gasteiger partial charge in [0.25, 0.3) is 5.91 Å². The van der Waals surface area contributed by atoms with Gasteiger partial charge >= 0.3 is 0 Å². The molecular weight excluding hydrogens is 340 g/mol. The van der Waals surface area contributed by atoms with Gasteiger partial charge < -0.3 is 16.2 Å². The van der Waals surface area contributed by atoms with Crippen molar-refractivity contribution in [2.24, 2.45) is 0 Å². The first-order valence-corrected chi connectivity index (χ1v) is 8.47. The number of benzene rings is 2. The zero-order valence-corrected chi connectivity index (χ0v) is 14.7. The SMILES string of the molecule is Cc1ccc(NC(=O)c2c(N)nn3cc(-c4ccccc4O)ccc23)cc1. The average molecular weight is 358 g/mol. The lowest BCUT2D eigenvalue weighted by Crippen LogP contribution is -2.13. The number of para-hydroxylation sites is 1. The Morgan fingerprint density at radius 1 is 1.07 bits per heavy atom. The van der Waals surface area contributed by atoms with E-state index in [9.17, 15) is 9.90 Å². The molecule has 4 N–H and O–H groups in total. The van der Waals surface area contributed by atoms with Crippen LogP contribution in [0.5, 0.6) is 5.75 Å². The maximum absolute atomic E-state index is 12.7. The van der Waals surface area contributed by atoms with Gasteiger partial charge in [-0.25, -0.2) is 4.52 Å². The van der Waals surface area contributed by atoms with Gasteiger partial charge in [0.2, 0.25) is 0 Å². The number of carbonyl (C=O) groups excluding carboxylic acids is 1. The second-order valence-electron chi connectivity index (χ2n) is 6.35. The number of nitrogen functional groups attached to an aromatic ring is 1. The van der Waals surface area contributed by atoms with Crippen LogP contribution in [-0.4, -0.2) is 20.6 Å². The number of pyridine rings is 1. The molecule has 0 saturated heterocycles. The summed E-state index contributed by atoms with van der Waals surface area (Å²) in [5.74, 6) is 0.00465. The normalized spacial score (nSPS) is 10.9. The fraction of sp³-hybridized carbons (Fsp3) is 0.0476. The van der Waals surface area contributed by atoms with Crippen LogP contribution in [0.2, 0.25) is 0 Å². The minimum atomic E-state index is -0.318. The largest absolute Gasteiger partial charge is 0.507 e. The Morgan fingerprint density at radius 2 is 1.81 bits per heavy atom. The summed E-state index contributed by atoms with van der Waals surface area (Å²) in [6, 6.07) is 18.2. The molecule has 6 heteroatoms. The van der Waals surface area contributed by atoms with Gasteiger partial charge in [0.05, 0.1) is 5.52 Å². The smallest absolute Gasteiger partial charge is 0.261 e. The molecule has 0 bridgehead atoms. The van der Waals surface area contributed by atoms with Crippen molar-refractivity contribution in [3.63, 3.8) is 0 Å². The lowest BCUT2D eigenvalue weighted by molar-refractivity contribution is 0.102. The Morgan fingerprint density at radius 3 is 2.56 bits per heavy atom. The molecule has 0 radical (unpaired) electrons. The van der Waals surface area contributed by atoms with Gasteiger partial charge in [0, 0.05) is 23.0 Å². The van der Waals surface area contributed by atoms with Gasteiger partial charge in [0.1, 0.15) is 11.3 Å². The molecule has 0 aliphatic heterocycles. The van der Waals surface area contributed by atoms with Crippen molar-refractivity contribution in [2.75, 3.05) is 11.1 Å². The van der Waals surface area contributed by atoms with Gasteiger partial charge in [-0.3, -0.25) is 4.79 Å². The van der Waals surface area contributed by atoms with Gasteiger partial charge in [-0.05, 0) is 31.2 Å². The minimum Gasteiger partial charge on any atom is -0.507 e. The number of carbonyl (C=O) groups is 1. The van der Waals surface area contributed by atoms with E-state index in [0.29, 0.717) is 22.3 Å². The number of anilines is 2. The molecule has 0 aliphatic carbocycles. The minimum absolute atomic E-state index is 0.147. The summed E-state index contributed by atoms with van der Waals surface area (Å²) in [6.07, 6.45) is 1.74. The average Bonchev–Trinajstić information content (AvgIpc) is 2.99. The van der Waals surface area contributed by atoms with Crippen LogP contribution >= 0.6 is 0 Å². The molecule has 0 fully saturated rings. The fourth-order valence-electron chi connectivity index (χ4n) is 3.01. The van der Waals surface area contributed by atoms with E-state index >= 15 is 0 Å². The summed E-state index contributed by atoms with van der Waals surface area (Å²) in [6.45, 7) is 1.98. The van der Waals surface area contributed by atoms with Crippen molar-refractivity contribution < 1.29 is 9.90 Å². The lowest BCUT2D eigenvalue weighted by Gasteiger charge is -2.07. The van der Waals surface area contributed by atoms with Crippen LogP contribution in [0.3, 0.4) is 0 Å². The van der Waals surface area contributed by atoms with Crippen molar-refractivity contribution in [3.05, 3.63) is 78.0 Å². The van der Waals surface area contributed by atoms with Crippen LogP contribution in [0, 0.1) is 6.92 Å². The number of nitrogens with zero attached hydrogens (tertiary/aromatic N) is 2. The molecule has 0 atom stereocenters. The number of aromatic hydroxyl groups is 1. The molecule has 2 heterocycles. The van der Waals surface area contributed by atoms with E-state index < -0.39 is 0 Å².